The van der Waals surface area contributed by atoms with Crippen molar-refractivity contribution in [3.63, 3.8) is 0 Å². The zero-order chi connectivity index (χ0) is 19.9. The number of hydrogen-bond donors (Lipinski definition) is 1. The first-order chi connectivity index (χ1) is 13.6. The van der Waals surface area contributed by atoms with Crippen molar-refractivity contribution in [3.05, 3.63) is 72.8 Å². The molecule has 6 nitrogen and oxygen atoms in total. The van der Waals surface area contributed by atoms with Crippen LogP contribution in [0.3, 0.4) is 0 Å². The third-order valence-corrected chi connectivity index (χ3v) is 5.01. The summed E-state index contributed by atoms with van der Waals surface area (Å²) in [5.74, 6) is 0.451. The lowest BCUT2D eigenvalue weighted by molar-refractivity contribution is -0.119. The van der Waals surface area contributed by atoms with Crippen LogP contribution in [-0.2, 0) is 11.3 Å². The summed E-state index contributed by atoms with van der Waals surface area (Å²) in [6.07, 6.45) is 5.15. The number of benzene rings is 1. The first kappa shape index (κ1) is 19.8. The van der Waals surface area contributed by atoms with Crippen molar-refractivity contribution < 1.29 is 9.18 Å². The van der Waals surface area contributed by atoms with Crippen molar-refractivity contribution in [3.8, 4) is 11.4 Å². The van der Waals surface area contributed by atoms with Gasteiger partial charge in [-0.05, 0) is 36.8 Å². The highest BCUT2D eigenvalue weighted by atomic mass is 32.2. The highest BCUT2D eigenvalue weighted by Gasteiger charge is 2.16. The third-order valence-electron chi connectivity index (χ3n) is 4.05. The summed E-state index contributed by atoms with van der Waals surface area (Å²) in [6.45, 7) is 6.17. The Morgan fingerprint density at radius 3 is 2.64 bits per heavy atom. The highest BCUT2D eigenvalue weighted by Crippen LogP contribution is 2.24. The number of aromatic nitrogens is 4. The lowest BCUT2D eigenvalue weighted by Gasteiger charge is -2.14. The number of rotatable bonds is 8. The zero-order valence-electron chi connectivity index (χ0n) is 15.4. The number of carbonyl (C=O) groups is 1. The van der Waals surface area contributed by atoms with E-state index >= 15 is 0 Å². The quantitative estimate of drug-likeness (QED) is 0.464. The van der Waals surface area contributed by atoms with Gasteiger partial charge in [0.25, 0.3) is 0 Å². The van der Waals surface area contributed by atoms with Crippen LogP contribution >= 0.6 is 11.8 Å². The molecule has 144 valence electrons. The number of amides is 1. The minimum absolute atomic E-state index is 0.138. The maximum Gasteiger partial charge on any atom is 0.230 e. The molecule has 1 unspecified atom stereocenters. The summed E-state index contributed by atoms with van der Waals surface area (Å²) >= 11 is 1.30. The lowest BCUT2D eigenvalue weighted by atomic mass is 10.1. The predicted octanol–water partition coefficient (Wildman–Crippen LogP) is 3.63. The van der Waals surface area contributed by atoms with E-state index in [2.05, 4.69) is 27.1 Å². The summed E-state index contributed by atoms with van der Waals surface area (Å²) < 4.78 is 14.9. The SMILES string of the molecule is C=CCn1c(SCC(=O)NC(C)c2ccc(F)cc2)nnc1-c1ccncc1. The Balaban J connectivity index is 1.65. The molecular formula is C20H20FN5OS. The van der Waals surface area contributed by atoms with E-state index in [9.17, 15) is 9.18 Å². The van der Waals surface area contributed by atoms with Gasteiger partial charge in [-0.15, -0.1) is 16.8 Å². The number of allylic oxidation sites excluding steroid dienone is 1. The van der Waals surface area contributed by atoms with E-state index in [1.165, 1.54) is 23.9 Å². The smallest absolute Gasteiger partial charge is 0.230 e. The van der Waals surface area contributed by atoms with Crippen molar-refractivity contribution in [2.75, 3.05) is 5.75 Å². The van der Waals surface area contributed by atoms with Gasteiger partial charge in [0, 0.05) is 24.5 Å². The topological polar surface area (TPSA) is 72.7 Å². The van der Waals surface area contributed by atoms with Crippen LogP contribution in [0, 0.1) is 5.82 Å². The molecule has 0 saturated carbocycles. The molecule has 2 aromatic heterocycles. The van der Waals surface area contributed by atoms with Crippen LogP contribution in [0.5, 0.6) is 0 Å². The fraction of sp³-hybridized carbons (Fsp3) is 0.200. The number of pyridine rings is 1. The molecule has 0 aliphatic heterocycles. The van der Waals surface area contributed by atoms with Gasteiger partial charge in [0.05, 0.1) is 11.8 Å². The molecule has 1 atom stereocenters. The Labute approximate surface area is 166 Å². The van der Waals surface area contributed by atoms with Gasteiger partial charge < -0.3 is 5.32 Å². The first-order valence-electron chi connectivity index (χ1n) is 8.70. The van der Waals surface area contributed by atoms with E-state index in [1.807, 2.05) is 23.6 Å². The summed E-state index contributed by atoms with van der Waals surface area (Å²) in [4.78, 5) is 16.3. The molecule has 0 aliphatic carbocycles. The van der Waals surface area contributed by atoms with E-state index in [0.717, 1.165) is 11.1 Å². The molecule has 3 rings (SSSR count). The Morgan fingerprint density at radius 2 is 1.96 bits per heavy atom. The predicted molar refractivity (Wildman–Crippen MR) is 107 cm³/mol. The molecule has 0 aliphatic rings. The fourth-order valence-electron chi connectivity index (χ4n) is 2.65. The number of halogens is 1. The average Bonchev–Trinajstić information content (AvgIpc) is 3.10. The van der Waals surface area contributed by atoms with Crippen LogP contribution in [0.15, 0.2) is 66.6 Å². The second-order valence-electron chi connectivity index (χ2n) is 6.07. The molecule has 0 saturated heterocycles. The minimum Gasteiger partial charge on any atom is -0.349 e. The van der Waals surface area contributed by atoms with Crippen molar-refractivity contribution in [1.82, 2.24) is 25.1 Å². The average molecular weight is 397 g/mol. The maximum atomic E-state index is 13.0. The zero-order valence-corrected chi connectivity index (χ0v) is 16.2. The largest absolute Gasteiger partial charge is 0.349 e. The van der Waals surface area contributed by atoms with Gasteiger partial charge in [0.1, 0.15) is 5.82 Å². The van der Waals surface area contributed by atoms with Gasteiger partial charge in [0.2, 0.25) is 5.91 Å². The molecule has 3 aromatic rings. The van der Waals surface area contributed by atoms with E-state index < -0.39 is 0 Å². The molecule has 1 N–H and O–H groups in total. The van der Waals surface area contributed by atoms with Gasteiger partial charge in [-0.25, -0.2) is 4.39 Å². The Kier molecular flexibility index (Phi) is 6.54. The number of nitrogens with one attached hydrogen (secondary N) is 1. The lowest BCUT2D eigenvalue weighted by Crippen LogP contribution is -2.28. The molecule has 8 heteroatoms. The van der Waals surface area contributed by atoms with Crippen LogP contribution < -0.4 is 5.32 Å². The normalized spacial score (nSPS) is 11.8. The second-order valence-corrected chi connectivity index (χ2v) is 7.01. The van der Waals surface area contributed by atoms with Crippen molar-refractivity contribution in [2.45, 2.75) is 24.7 Å². The number of nitrogens with zero attached hydrogens (tertiary/aromatic N) is 4. The standard InChI is InChI=1S/C20H20FN5OS/c1-3-12-26-19(16-8-10-22-11-9-16)24-25-20(26)28-13-18(27)23-14(2)15-4-6-17(21)7-5-15/h3-11,14H,1,12-13H2,2H3,(H,23,27). The Bertz CT molecular complexity index is 943. The highest BCUT2D eigenvalue weighted by molar-refractivity contribution is 7.99. The van der Waals surface area contributed by atoms with Crippen LogP contribution in [0.25, 0.3) is 11.4 Å². The van der Waals surface area contributed by atoms with Crippen LogP contribution in [0.1, 0.15) is 18.5 Å². The van der Waals surface area contributed by atoms with Crippen molar-refractivity contribution in [1.29, 1.82) is 0 Å². The Morgan fingerprint density at radius 1 is 1.25 bits per heavy atom. The van der Waals surface area contributed by atoms with Crippen LogP contribution in [0.4, 0.5) is 4.39 Å². The molecule has 28 heavy (non-hydrogen) atoms. The summed E-state index contributed by atoms with van der Waals surface area (Å²) in [5, 5.41) is 12.0. The number of thioether (sulfide) groups is 1. The van der Waals surface area contributed by atoms with Crippen LogP contribution in [-0.4, -0.2) is 31.4 Å². The molecule has 2 heterocycles. The van der Waals surface area contributed by atoms with E-state index in [0.29, 0.717) is 17.5 Å². The molecule has 0 bridgehead atoms. The number of carbonyl (C=O) groups excluding carboxylic acids is 1. The molecule has 0 fully saturated rings. The van der Waals surface area contributed by atoms with Gasteiger partial charge in [-0.2, -0.15) is 0 Å². The fourth-order valence-corrected chi connectivity index (χ4v) is 3.41. The van der Waals surface area contributed by atoms with Gasteiger partial charge in [-0.3, -0.25) is 14.3 Å². The van der Waals surface area contributed by atoms with E-state index in [-0.39, 0.29) is 23.5 Å². The Hall–Kier alpha value is -3.00. The molecule has 1 aromatic carbocycles. The van der Waals surface area contributed by atoms with Crippen LogP contribution in [0.2, 0.25) is 0 Å². The van der Waals surface area contributed by atoms with E-state index in [1.54, 1.807) is 30.6 Å². The molecule has 0 spiro atoms. The summed E-state index contributed by atoms with van der Waals surface area (Å²) in [5.41, 5.74) is 1.74. The molecule has 1 amide bonds. The van der Waals surface area contributed by atoms with Gasteiger partial charge in [0.15, 0.2) is 11.0 Å². The van der Waals surface area contributed by atoms with Crippen molar-refractivity contribution in [2.24, 2.45) is 0 Å². The van der Waals surface area contributed by atoms with Gasteiger partial charge in [-0.1, -0.05) is 30.0 Å². The summed E-state index contributed by atoms with van der Waals surface area (Å²) in [6, 6.07) is 9.58. The van der Waals surface area contributed by atoms with Gasteiger partial charge >= 0.3 is 0 Å². The van der Waals surface area contributed by atoms with E-state index in [4.69, 9.17) is 0 Å². The summed E-state index contributed by atoms with van der Waals surface area (Å²) in [7, 11) is 0. The maximum absolute atomic E-state index is 13.0. The third kappa shape index (κ3) is 4.83. The molecule has 0 radical (unpaired) electrons. The second kappa shape index (κ2) is 9.27. The monoisotopic (exact) mass is 397 g/mol. The van der Waals surface area contributed by atoms with Crippen molar-refractivity contribution >= 4 is 17.7 Å². The molecular weight excluding hydrogens is 377 g/mol. The first-order valence-corrected chi connectivity index (χ1v) is 9.69. The minimum atomic E-state index is -0.301. The number of hydrogen-bond acceptors (Lipinski definition) is 5.